The molecule has 0 saturated carbocycles. The van der Waals surface area contributed by atoms with E-state index in [1.165, 1.54) is 89.0 Å². The van der Waals surface area contributed by atoms with Crippen molar-refractivity contribution in [3.8, 4) is 5.75 Å². The predicted molar refractivity (Wildman–Crippen MR) is 122 cm³/mol. The maximum atomic E-state index is 11.0. The van der Waals surface area contributed by atoms with E-state index in [2.05, 4.69) is 25.6 Å². The van der Waals surface area contributed by atoms with Crippen molar-refractivity contribution in [2.75, 3.05) is 13.2 Å². The molecule has 164 valence electrons. The number of aryl methyl sites for hydroxylation is 1. The van der Waals surface area contributed by atoms with Crippen LogP contribution in [0.3, 0.4) is 0 Å². The SMILES string of the molecule is C=CC(=O)OCCOc1cccc(CCCCCCCCCCCCCCC)c1. The second-order valence-electron chi connectivity index (χ2n) is 7.86. The lowest BCUT2D eigenvalue weighted by atomic mass is 10.0. The molecule has 1 rings (SSSR count). The van der Waals surface area contributed by atoms with Crippen LogP contribution in [0.4, 0.5) is 0 Å². The Morgan fingerprint density at radius 3 is 2.03 bits per heavy atom. The number of rotatable bonds is 19. The molecule has 1 aromatic rings. The van der Waals surface area contributed by atoms with E-state index >= 15 is 0 Å². The Balaban J connectivity index is 1.98. The minimum absolute atomic E-state index is 0.244. The maximum absolute atomic E-state index is 11.0. The van der Waals surface area contributed by atoms with Gasteiger partial charge in [-0.3, -0.25) is 0 Å². The highest BCUT2D eigenvalue weighted by Gasteiger charge is 2.00. The van der Waals surface area contributed by atoms with Gasteiger partial charge in [-0.15, -0.1) is 0 Å². The zero-order chi connectivity index (χ0) is 21.0. The Hall–Kier alpha value is -1.77. The molecule has 0 radical (unpaired) electrons. The van der Waals surface area contributed by atoms with E-state index in [-0.39, 0.29) is 6.61 Å². The summed E-state index contributed by atoms with van der Waals surface area (Å²) in [6.07, 6.45) is 20.2. The van der Waals surface area contributed by atoms with Crippen LogP contribution in [0.5, 0.6) is 5.75 Å². The average molecular weight is 403 g/mol. The summed E-state index contributed by atoms with van der Waals surface area (Å²) < 4.78 is 10.6. The Bertz CT molecular complexity index is 539. The molecule has 3 heteroatoms. The monoisotopic (exact) mass is 402 g/mol. The van der Waals surface area contributed by atoms with Gasteiger partial charge in [0.25, 0.3) is 0 Å². The van der Waals surface area contributed by atoms with E-state index in [0.29, 0.717) is 6.61 Å². The minimum Gasteiger partial charge on any atom is -0.490 e. The Morgan fingerprint density at radius 1 is 0.862 bits per heavy atom. The van der Waals surface area contributed by atoms with Crippen molar-refractivity contribution in [3.05, 3.63) is 42.5 Å². The third-order valence-corrected chi connectivity index (χ3v) is 5.23. The summed E-state index contributed by atoms with van der Waals surface area (Å²) in [5, 5.41) is 0. The summed E-state index contributed by atoms with van der Waals surface area (Å²) in [6.45, 7) is 6.25. The van der Waals surface area contributed by atoms with E-state index in [4.69, 9.17) is 9.47 Å². The molecule has 0 spiro atoms. The van der Waals surface area contributed by atoms with E-state index in [0.717, 1.165) is 18.2 Å². The Labute approximate surface area is 178 Å². The number of benzene rings is 1. The first kappa shape index (κ1) is 25.3. The fourth-order valence-electron chi connectivity index (χ4n) is 3.50. The standard InChI is InChI=1S/C26H42O3/c1-3-5-6-7-8-9-10-11-12-13-14-15-16-18-24-19-17-20-25(23-24)28-21-22-29-26(27)4-2/h4,17,19-20,23H,2-3,5-16,18,21-22H2,1H3. The number of carbonyl (C=O) groups excluding carboxylic acids is 1. The smallest absolute Gasteiger partial charge is 0.330 e. The largest absolute Gasteiger partial charge is 0.490 e. The van der Waals surface area contributed by atoms with Gasteiger partial charge in [-0.05, 0) is 30.5 Å². The highest BCUT2D eigenvalue weighted by Crippen LogP contribution is 2.17. The van der Waals surface area contributed by atoms with Gasteiger partial charge in [0.2, 0.25) is 0 Å². The second-order valence-corrected chi connectivity index (χ2v) is 7.86. The van der Waals surface area contributed by atoms with Crippen LogP contribution in [-0.4, -0.2) is 19.2 Å². The number of ether oxygens (including phenoxy) is 2. The van der Waals surface area contributed by atoms with Crippen molar-refractivity contribution < 1.29 is 14.3 Å². The summed E-state index contributed by atoms with van der Waals surface area (Å²) in [5.41, 5.74) is 1.31. The van der Waals surface area contributed by atoms with E-state index in [1.54, 1.807) is 0 Å². The fraction of sp³-hybridized carbons (Fsp3) is 0.654. The first-order valence-corrected chi connectivity index (χ1v) is 11.8. The van der Waals surface area contributed by atoms with Gasteiger partial charge in [-0.2, -0.15) is 0 Å². The molecule has 0 N–H and O–H groups in total. The van der Waals surface area contributed by atoms with Crippen LogP contribution in [0.1, 0.15) is 96.0 Å². The molecule has 0 atom stereocenters. The van der Waals surface area contributed by atoms with Crippen molar-refractivity contribution in [3.63, 3.8) is 0 Å². The van der Waals surface area contributed by atoms with Crippen molar-refractivity contribution in [1.29, 1.82) is 0 Å². The third-order valence-electron chi connectivity index (χ3n) is 5.23. The zero-order valence-electron chi connectivity index (χ0n) is 18.6. The molecule has 0 fully saturated rings. The molecule has 0 amide bonds. The third kappa shape index (κ3) is 14.8. The molecule has 0 aliphatic rings. The zero-order valence-corrected chi connectivity index (χ0v) is 18.6. The molecule has 3 nitrogen and oxygen atoms in total. The number of unbranched alkanes of at least 4 members (excludes halogenated alkanes) is 12. The first-order chi connectivity index (χ1) is 14.3. The number of esters is 1. The summed E-state index contributed by atoms with van der Waals surface area (Å²) in [4.78, 5) is 11.0. The minimum atomic E-state index is -0.412. The molecule has 29 heavy (non-hydrogen) atoms. The van der Waals surface area contributed by atoms with Crippen molar-refractivity contribution in [2.24, 2.45) is 0 Å². The molecule has 0 aliphatic carbocycles. The quantitative estimate of drug-likeness (QED) is 0.137. The number of hydrogen-bond acceptors (Lipinski definition) is 3. The summed E-state index contributed by atoms with van der Waals surface area (Å²) in [7, 11) is 0. The van der Waals surface area contributed by atoms with Crippen LogP contribution < -0.4 is 4.74 Å². The molecule has 0 saturated heterocycles. The molecule has 0 aromatic heterocycles. The van der Waals surface area contributed by atoms with Gasteiger partial charge in [-0.1, -0.05) is 103 Å². The van der Waals surface area contributed by atoms with Gasteiger partial charge in [0.05, 0.1) is 0 Å². The summed E-state index contributed by atoms with van der Waals surface area (Å²) in [5.74, 6) is 0.427. The first-order valence-electron chi connectivity index (χ1n) is 11.8. The lowest BCUT2D eigenvalue weighted by Crippen LogP contribution is -2.10. The van der Waals surface area contributed by atoms with Crippen LogP contribution in [0.25, 0.3) is 0 Å². The van der Waals surface area contributed by atoms with Gasteiger partial charge in [0.15, 0.2) is 0 Å². The highest BCUT2D eigenvalue weighted by molar-refractivity contribution is 5.81. The summed E-state index contributed by atoms with van der Waals surface area (Å²) >= 11 is 0. The molecule has 0 unspecified atom stereocenters. The fourth-order valence-corrected chi connectivity index (χ4v) is 3.50. The van der Waals surface area contributed by atoms with Crippen LogP contribution in [0, 0.1) is 0 Å². The van der Waals surface area contributed by atoms with E-state index < -0.39 is 5.97 Å². The topological polar surface area (TPSA) is 35.5 Å². The summed E-state index contributed by atoms with van der Waals surface area (Å²) in [6, 6.07) is 8.23. The van der Waals surface area contributed by atoms with Crippen LogP contribution >= 0.6 is 0 Å². The molecular weight excluding hydrogens is 360 g/mol. The van der Waals surface area contributed by atoms with Gasteiger partial charge < -0.3 is 9.47 Å². The lowest BCUT2D eigenvalue weighted by Gasteiger charge is -2.08. The molecule has 1 aromatic carbocycles. The maximum Gasteiger partial charge on any atom is 0.330 e. The molecule has 0 heterocycles. The van der Waals surface area contributed by atoms with Crippen molar-refractivity contribution in [1.82, 2.24) is 0 Å². The number of carbonyl (C=O) groups is 1. The van der Waals surface area contributed by atoms with Crippen LogP contribution in [0.15, 0.2) is 36.9 Å². The molecule has 0 bridgehead atoms. The van der Waals surface area contributed by atoms with Crippen LogP contribution in [-0.2, 0) is 16.0 Å². The average Bonchev–Trinajstić information content (AvgIpc) is 2.74. The Kier molecular flexibility index (Phi) is 15.9. The van der Waals surface area contributed by atoms with Gasteiger partial charge in [0, 0.05) is 6.08 Å². The molecule has 0 aliphatic heterocycles. The van der Waals surface area contributed by atoms with Gasteiger partial charge in [0.1, 0.15) is 19.0 Å². The van der Waals surface area contributed by atoms with E-state index in [1.807, 2.05) is 12.1 Å². The predicted octanol–water partition coefficient (Wildman–Crippen LogP) is 7.43. The van der Waals surface area contributed by atoms with Gasteiger partial charge in [-0.25, -0.2) is 4.79 Å². The lowest BCUT2D eigenvalue weighted by molar-refractivity contribution is -0.138. The highest BCUT2D eigenvalue weighted by atomic mass is 16.6. The van der Waals surface area contributed by atoms with Crippen LogP contribution in [0.2, 0.25) is 0 Å². The molecular formula is C26H42O3. The normalized spacial score (nSPS) is 10.7. The van der Waals surface area contributed by atoms with Crippen molar-refractivity contribution >= 4 is 5.97 Å². The Morgan fingerprint density at radius 2 is 1.45 bits per heavy atom. The van der Waals surface area contributed by atoms with E-state index in [9.17, 15) is 4.79 Å². The van der Waals surface area contributed by atoms with Gasteiger partial charge >= 0.3 is 5.97 Å². The van der Waals surface area contributed by atoms with Crippen molar-refractivity contribution in [2.45, 2.75) is 96.8 Å². The number of hydrogen-bond donors (Lipinski definition) is 0. The second kappa shape index (κ2) is 18.3.